The molecule has 0 aromatic carbocycles. The molecule has 0 unspecified atom stereocenters. The van der Waals surface area contributed by atoms with Gasteiger partial charge in [0.25, 0.3) is 0 Å². The summed E-state index contributed by atoms with van der Waals surface area (Å²) in [6.07, 6.45) is 20.6. The first-order chi connectivity index (χ1) is 24.9. The molecule has 4 aromatic heterocycles. The fraction of sp³-hybridized carbons (Fsp3) is 0.543. The molecule has 4 aliphatic rings. The Labute approximate surface area is 294 Å². The fourth-order valence-corrected chi connectivity index (χ4v) is 6.82. The van der Waals surface area contributed by atoms with Crippen LogP contribution in [0.25, 0.3) is 22.3 Å². The zero-order chi connectivity index (χ0) is 34.9. The summed E-state index contributed by atoms with van der Waals surface area (Å²) in [5.74, 6) is 1.54. The minimum atomic E-state index is -0.225. The summed E-state index contributed by atoms with van der Waals surface area (Å²) < 4.78 is 15.2. The number of hydrogen-bond donors (Lipinski definition) is 4. The predicted octanol–water partition coefficient (Wildman–Crippen LogP) is 4.25. The van der Waals surface area contributed by atoms with Crippen LogP contribution in [0.2, 0.25) is 0 Å². The van der Waals surface area contributed by atoms with Crippen molar-refractivity contribution >= 4 is 57.8 Å². The third kappa shape index (κ3) is 7.73. The zero-order valence-corrected chi connectivity index (χ0v) is 28.5. The SMILES string of the molecule is Nc1nc(NC2CC2)c2ncn([C@H]3C=C[C@@H](COC(=O)CCCCCC(=O)OC[C@@H]4C=C[C@H](n5cnc6c(NC7CC7)nc(N)nc65)C4)C3)c2n1. The number of nitrogens with zero attached hydrogens (tertiary/aromatic N) is 8. The van der Waals surface area contributed by atoms with Gasteiger partial charge >= 0.3 is 11.9 Å². The van der Waals surface area contributed by atoms with E-state index in [1.807, 2.05) is 9.13 Å². The first-order valence-corrected chi connectivity index (χ1v) is 18.1. The van der Waals surface area contributed by atoms with Crippen LogP contribution in [0.5, 0.6) is 0 Å². The van der Waals surface area contributed by atoms with Crippen LogP contribution in [-0.2, 0) is 19.1 Å². The first-order valence-electron chi connectivity index (χ1n) is 18.1. The van der Waals surface area contributed by atoms with E-state index in [1.165, 1.54) is 0 Å². The topological polar surface area (TPSA) is 216 Å². The lowest BCUT2D eigenvalue weighted by Gasteiger charge is -2.15. The van der Waals surface area contributed by atoms with E-state index in [-0.39, 0.29) is 47.8 Å². The molecular formula is C35H44N12O4. The molecule has 16 nitrogen and oxygen atoms in total. The smallest absolute Gasteiger partial charge is 0.305 e. The molecule has 51 heavy (non-hydrogen) atoms. The van der Waals surface area contributed by atoms with E-state index in [2.05, 4.69) is 64.8 Å². The molecule has 0 radical (unpaired) electrons. The molecule has 0 bridgehead atoms. The third-order valence-corrected chi connectivity index (χ3v) is 9.91. The second kappa shape index (κ2) is 14.2. The Morgan fingerprint density at radius 1 is 0.667 bits per heavy atom. The zero-order valence-electron chi connectivity index (χ0n) is 28.5. The van der Waals surface area contributed by atoms with Crippen molar-refractivity contribution in [1.29, 1.82) is 0 Å². The van der Waals surface area contributed by atoms with Crippen molar-refractivity contribution in [2.24, 2.45) is 11.8 Å². The lowest BCUT2D eigenvalue weighted by atomic mass is 10.1. The molecule has 268 valence electrons. The van der Waals surface area contributed by atoms with Gasteiger partial charge in [0.05, 0.1) is 38.0 Å². The van der Waals surface area contributed by atoms with Gasteiger partial charge in [-0.25, -0.2) is 9.97 Å². The molecule has 0 amide bonds. The van der Waals surface area contributed by atoms with Crippen LogP contribution in [0.15, 0.2) is 37.0 Å². The second-order valence-corrected chi connectivity index (χ2v) is 14.2. The Hall–Kier alpha value is -5.28. The monoisotopic (exact) mass is 696 g/mol. The molecule has 4 aromatic rings. The van der Waals surface area contributed by atoms with Crippen LogP contribution < -0.4 is 22.1 Å². The average Bonchev–Trinajstić information content (AvgIpc) is 3.84. The molecule has 0 saturated heterocycles. The van der Waals surface area contributed by atoms with Gasteiger partial charge < -0.3 is 40.7 Å². The van der Waals surface area contributed by atoms with Crippen molar-refractivity contribution in [3.63, 3.8) is 0 Å². The van der Waals surface area contributed by atoms with Crippen LogP contribution in [0.3, 0.4) is 0 Å². The van der Waals surface area contributed by atoms with Crippen molar-refractivity contribution in [2.75, 3.05) is 35.3 Å². The molecule has 16 heteroatoms. The highest BCUT2D eigenvalue weighted by molar-refractivity contribution is 5.85. The Bertz CT molecular complexity index is 1840. The highest BCUT2D eigenvalue weighted by Crippen LogP contribution is 2.35. The number of allylic oxidation sites excluding steroid dienone is 2. The van der Waals surface area contributed by atoms with E-state index < -0.39 is 0 Å². The van der Waals surface area contributed by atoms with Crippen molar-refractivity contribution < 1.29 is 19.1 Å². The maximum Gasteiger partial charge on any atom is 0.305 e. The summed E-state index contributed by atoms with van der Waals surface area (Å²) in [5.41, 5.74) is 14.8. The standard InChI is InChI=1S/C35H44N12O4/c36-34-42-30(40-22-8-9-22)28-32(44-34)46(18-38-28)24-12-6-20(14-24)16-50-26(48)4-2-1-3-5-27(49)51-17-21-7-13-25(15-21)47-19-39-29-31(41-23-10-11-23)43-35(37)45-33(29)47/h6-7,12-13,18-25H,1-5,8-11,14-17H2,(H3,36,40,42,44)(H3,37,41,43,45)/t20-,21-,24+,25+/m1/s1. The minimum absolute atomic E-state index is 0.0437. The number of nitrogen functional groups attached to an aromatic ring is 2. The van der Waals surface area contributed by atoms with Crippen LogP contribution >= 0.6 is 0 Å². The summed E-state index contributed by atoms with van der Waals surface area (Å²) in [6.45, 7) is 0.648. The van der Waals surface area contributed by atoms with Gasteiger partial charge in [-0.2, -0.15) is 19.9 Å². The summed E-state index contributed by atoms with van der Waals surface area (Å²) in [5, 5.41) is 6.78. The number of unbranched alkanes of at least 4 members (excludes halogenated alkanes) is 2. The first kappa shape index (κ1) is 32.9. The van der Waals surface area contributed by atoms with E-state index in [0.717, 1.165) is 44.9 Å². The van der Waals surface area contributed by atoms with Crippen molar-refractivity contribution in [3.05, 3.63) is 37.0 Å². The van der Waals surface area contributed by atoms with Crippen molar-refractivity contribution in [3.8, 4) is 0 Å². The van der Waals surface area contributed by atoms with E-state index in [1.54, 1.807) is 12.7 Å². The van der Waals surface area contributed by atoms with Crippen LogP contribution in [-0.4, -0.2) is 76.3 Å². The highest BCUT2D eigenvalue weighted by atomic mass is 16.5. The molecule has 8 rings (SSSR count). The van der Waals surface area contributed by atoms with Gasteiger partial charge in [0.15, 0.2) is 34.0 Å². The number of ether oxygens (including phenoxy) is 2. The van der Waals surface area contributed by atoms with Gasteiger partial charge in [-0.05, 0) is 51.4 Å². The maximum absolute atomic E-state index is 12.4. The number of imidazole rings is 2. The van der Waals surface area contributed by atoms with Gasteiger partial charge in [-0.3, -0.25) is 9.59 Å². The van der Waals surface area contributed by atoms with Gasteiger partial charge in [0.2, 0.25) is 11.9 Å². The number of anilines is 4. The maximum atomic E-state index is 12.4. The molecule has 0 aliphatic heterocycles. The molecule has 4 atom stereocenters. The van der Waals surface area contributed by atoms with Gasteiger partial charge in [-0.1, -0.05) is 30.7 Å². The predicted molar refractivity (Wildman–Crippen MR) is 190 cm³/mol. The number of rotatable bonds is 16. The molecule has 2 fully saturated rings. The number of esters is 2. The second-order valence-electron chi connectivity index (χ2n) is 14.2. The Morgan fingerprint density at radius 3 is 1.55 bits per heavy atom. The van der Waals surface area contributed by atoms with Crippen molar-refractivity contribution in [1.82, 2.24) is 39.0 Å². The summed E-state index contributed by atoms with van der Waals surface area (Å²) in [6, 6.07) is 0.932. The van der Waals surface area contributed by atoms with Crippen LogP contribution in [0, 0.1) is 11.8 Å². The Balaban J connectivity index is 0.706. The highest BCUT2D eigenvalue weighted by Gasteiger charge is 2.29. The summed E-state index contributed by atoms with van der Waals surface area (Å²) in [7, 11) is 0. The van der Waals surface area contributed by atoms with Gasteiger partial charge in [0, 0.05) is 36.8 Å². The lowest BCUT2D eigenvalue weighted by Crippen LogP contribution is -2.14. The molecule has 2 saturated carbocycles. The quantitative estimate of drug-likeness (QED) is 0.0732. The van der Waals surface area contributed by atoms with Gasteiger partial charge in [-0.15, -0.1) is 0 Å². The number of nitrogens with two attached hydrogens (primary N) is 2. The fourth-order valence-electron chi connectivity index (χ4n) is 6.82. The third-order valence-electron chi connectivity index (χ3n) is 9.91. The number of nitrogens with one attached hydrogen (secondary N) is 2. The van der Waals surface area contributed by atoms with Crippen LogP contribution in [0.1, 0.15) is 82.7 Å². The lowest BCUT2D eigenvalue weighted by molar-refractivity contribution is -0.145. The Kier molecular flexibility index (Phi) is 9.13. The summed E-state index contributed by atoms with van der Waals surface area (Å²) in [4.78, 5) is 51.6. The molecule has 4 heterocycles. The largest absolute Gasteiger partial charge is 0.465 e. The summed E-state index contributed by atoms with van der Waals surface area (Å²) >= 11 is 0. The molecule has 4 aliphatic carbocycles. The number of carbonyl (C=O) groups is 2. The van der Waals surface area contributed by atoms with Gasteiger partial charge in [0.1, 0.15) is 0 Å². The number of hydrogen-bond acceptors (Lipinski definition) is 14. The number of fused-ring (bicyclic) bond motifs is 2. The van der Waals surface area contributed by atoms with E-state index in [0.29, 0.717) is 84.9 Å². The number of aromatic nitrogens is 8. The minimum Gasteiger partial charge on any atom is -0.465 e. The number of carbonyl (C=O) groups excluding carboxylic acids is 2. The van der Waals surface area contributed by atoms with Crippen molar-refractivity contribution in [2.45, 2.75) is 94.8 Å². The Morgan fingerprint density at radius 2 is 1.12 bits per heavy atom. The normalized spacial score (nSPS) is 22.6. The molecule has 6 N–H and O–H groups in total. The van der Waals surface area contributed by atoms with E-state index in [9.17, 15) is 9.59 Å². The van der Waals surface area contributed by atoms with E-state index >= 15 is 0 Å². The van der Waals surface area contributed by atoms with E-state index in [4.69, 9.17) is 20.9 Å². The van der Waals surface area contributed by atoms with Crippen LogP contribution in [0.4, 0.5) is 23.5 Å². The molecule has 0 spiro atoms. The average molecular weight is 697 g/mol. The molecular weight excluding hydrogens is 652 g/mol.